The molecule has 1 amide bonds. The molecule has 0 unspecified atom stereocenters. The number of carboxylic acid groups (broad SMARTS) is 1. The van der Waals surface area contributed by atoms with Crippen LogP contribution in [-0.2, 0) is 17.3 Å². The van der Waals surface area contributed by atoms with E-state index in [0.717, 1.165) is 29.4 Å². The molecule has 13 heteroatoms. The molecule has 2 aromatic carbocycles. The maximum absolute atomic E-state index is 13.9. The van der Waals surface area contributed by atoms with Gasteiger partial charge in [0.1, 0.15) is 5.75 Å². The summed E-state index contributed by atoms with van der Waals surface area (Å²) in [6.45, 7) is 3.46. The van der Waals surface area contributed by atoms with E-state index in [1.54, 1.807) is 10.6 Å². The number of benzene rings is 2. The first-order valence-corrected chi connectivity index (χ1v) is 12.5. The molecule has 0 fully saturated rings. The SMILES string of the molecule is CCc1cc(Nc2nccn3c(-c4ccc(OC)cc4C(F)(F)F)cnc23)ccc1NCCOCCNC(=O)O. The van der Waals surface area contributed by atoms with E-state index in [1.807, 2.05) is 25.1 Å². The molecule has 0 saturated carbocycles. The molecule has 2 aromatic heterocycles. The Morgan fingerprint density at radius 2 is 1.90 bits per heavy atom. The van der Waals surface area contributed by atoms with Crippen molar-refractivity contribution in [2.45, 2.75) is 19.5 Å². The van der Waals surface area contributed by atoms with E-state index in [0.29, 0.717) is 24.6 Å². The number of rotatable bonds is 12. The average Bonchev–Trinajstić information content (AvgIpc) is 3.37. The number of ether oxygens (including phenoxy) is 2. The second-order valence-corrected chi connectivity index (χ2v) is 8.64. The zero-order chi connectivity index (χ0) is 28.7. The molecule has 0 bridgehead atoms. The average molecular weight is 559 g/mol. The van der Waals surface area contributed by atoms with Crippen molar-refractivity contribution in [3.8, 4) is 17.0 Å². The minimum atomic E-state index is -4.59. The van der Waals surface area contributed by atoms with Crippen molar-refractivity contribution < 1.29 is 32.5 Å². The standard InChI is InChI=1S/C27H29F3N6O4/c1-3-17-14-18(4-7-22(17)31-9-12-40-13-10-33-26(37)38)35-24-25-34-16-23(36(25)11-8-32-24)20-6-5-19(39-2)15-21(20)27(28,29)30/h4-8,11,14-16,31,33H,3,9-10,12-13H2,1-2H3,(H,32,35)(H,37,38). The molecule has 0 aliphatic heterocycles. The highest BCUT2D eigenvalue weighted by atomic mass is 19.4. The second kappa shape index (κ2) is 12.6. The summed E-state index contributed by atoms with van der Waals surface area (Å²) in [7, 11) is 1.32. The van der Waals surface area contributed by atoms with Crippen LogP contribution in [0.4, 0.5) is 35.2 Å². The number of nitrogens with one attached hydrogen (secondary N) is 3. The lowest BCUT2D eigenvalue weighted by Gasteiger charge is -2.15. The Morgan fingerprint density at radius 3 is 2.62 bits per heavy atom. The Hall–Kier alpha value is -4.52. The molecule has 212 valence electrons. The van der Waals surface area contributed by atoms with Crippen LogP contribution in [-0.4, -0.2) is 59.0 Å². The van der Waals surface area contributed by atoms with E-state index in [2.05, 4.69) is 25.9 Å². The molecule has 0 atom stereocenters. The number of carbonyl (C=O) groups is 1. The summed E-state index contributed by atoms with van der Waals surface area (Å²) in [5, 5.41) is 17.3. The summed E-state index contributed by atoms with van der Waals surface area (Å²) in [5.41, 5.74) is 2.49. The van der Waals surface area contributed by atoms with Crippen molar-refractivity contribution in [1.29, 1.82) is 0 Å². The van der Waals surface area contributed by atoms with Crippen LogP contribution in [0.5, 0.6) is 5.75 Å². The number of amides is 1. The predicted molar refractivity (Wildman–Crippen MR) is 144 cm³/mol. The Kier molecular flexibility index (Phi) is 8.94. The minimum Gasteiger partial charge on any atom is -0.497 e. The van der Waals surface area contributed by atoms with Gasteiger partial charge in [0.05, 0.1) is 37.8 Å². The van der Waals surface area contributed by atoms with Crippen molar-refractivity contribution in [3.05, 3.63) is 66.1 Å². The summed E-state index contributed by atoms with van der Waals surface area (Å²) in [4.78, 5) is 19.2. The maximum Gasteiger partial charge on any atom is 0.417 e. The third kappa shape index (κ3) is 6.72. The van der Waals surface area contributed by atoms with Crippen LogP contribution in [0.3, 0.4) is 0 Å². The molecule has 2 heterocycles. The van der Waals surface area contributed by atoms with Gasteiger partial charge in [-0.3, -0.25) is 4.40 Å². The number of hydrogen-bond acceptors (Lipinski definition) is 7. The first-order valence-electron chi connectivity index (χ1n) is 12.5. The fourth-order valence-electron chi connectivity index (χ4n) is 4.18. The summed E-state index contributed by atoms with van der Waals surface area (Å²) in [6, 6.07) is 9.56. The number of fused-ring (bicyclic) bond motifs is 1. The number of aromatic nitrogens is 3. The van der Waals surface area contributed by atoms with E-state index in [9.17, 15) is 18.0 Å². The van der Waals surface area contributed by atoms with Crippen molar-refractivity contribution >= 4 is 28.9 Å². The molecule has 4 rings (SSSR count). The number of halogens is 3. The van der Waals surface area contributed by atoms with E-state index >= 15 is 0 Å². The first kappa shape index (κ1) is 28.5. The van der Waals surface area contributed by atoms with Gasteiger partial charge in [-0.25, -0.2) is 14.8 Å². The van der Waals surface area contributed by atoms with Crippen molar-refractivity contribution in [2.75, 3.05) is 44.0 Å². The number of alkyl halides is 3. The first-order chi connectivity index (χ1) is 19.2. The zero-order valence-corrected chi connectivity index (χ0v) is 21.9. The number of anilines is 3. The van der Waals surface area contributed by atoms with Gasteiger partial charge in [-0.05, 0) is 48.4 Å². The fraction of sp³-hybridized carbons (Fsp3) is 0.296. The topological polar surface area (TPSA) is 122 Å². The lowest BCUT2D eigenvalue weighted by Crippen LogP contribution is -2.26. The second-order valence-electron chi connectivity index (χ2n) is 8.64. The Morgan fingerprint density at radius 1 is 1.10 bits per heavy atom. The summed E-state index contributed by atoms with van der Waals surface area (Å²) < 4.78 is 53.5. The molecule has 4 N–H and O–H groups in total. The molecule has 0 saturated heterocycles. The molecule has 4 aromatic rings. The highest BCUT2D eigenvalue weighted by Gasteiger charge is 2.35. The van der Waals surface area contributed by atoms with Crippen LogP contribution in [0, 0.1) is 0 Å². The van der Waals surface area contributed by atoms with Crippen LogP contribution in [0.2, 0.25) is 0 Å². The normalized spacial score (nSPS) is 11.4. The van der Waals surface area contributed by atoms with Gasteiger partial charge in [0.25, 0.3) is 0 Å². The third-order valence-corrected chi connectivity index (χ3v) is 6.07. The zero-order valence-electron chi connectivity index (χ0n) is 21.9. The lowest BCUT2D eigenvalue weighted by molar-refractivity contribution is -0.137. The van der Waals surface area contributed by atoms with E-state index < -0.39 is 17.8 Å². The molecule has 0 aliphatic rings. The molecule has 0 radical (unpaired) electrons. The Bertz CT molecular complexity index is 1470. The van der Waals surface area contributed by atoms with Gasteiger partial charge in [-0.15, -0.1) is 0 Å². The van der Waals surface area contributed by atoms with E-state index in [1.165, 1.54) is 31.6 Å². The number of imidazole rings is 1. The van der Waals surface area contributed by atoms with Gasteiger partial charge in [-0.2, -0.15) is 13.2 Å². The van der Waals surface area contributed by atoms with Crippen LogP contribution >= 0.6 is 0 Å². The predicted octanol–water partition coefficient (Wildman–Crippen LogP) is 5.43. The minimum absolute atomic E-state index is 0.0243. The largest absolute Gasteiger partial charge is 0.497 e. The van der Waals surface area contributed by atoms with Gasteiger partial charge >= 0.3 is 12.3 Å². The lowest BCUT2D eigenvalue weighted by atomic mass is 10.0. The molecule has 10 nitrogen and oxygen atoms in total. The molecular formula is C27H29F3N6O4. The highest BCUT2D eigenvalue weighted by molar-refractivity contribution is 5.76. The molecule has 0 spiro atoms. The van der Waals surface area contributed by atoms with Crippen LogP contribution < -0.4 is 20.7 Å². The third-order valence-electron chi connectivity index (χ3n) is 6.07. The molecular weight excluding hydrogens is 529 g/mol. The molecule has 0 aliphatic carbocycles. The monoisotopic (exact) mass is 558 g/mol. The number of methoxy groups -OCH3 is 1. The van der Waals surface area contributed by atoms with Gasteiger partial charge in [0, 0.05) is 42.4 Å². The van der Waals surface area contributed by atoms with Gasteiger partial charge < -0.3 is 30.5 Å². The van der Waals surface area contributed by atoms with E-state index in [-0.39, 0.29) is 30.2 Å². The van der Waals surface area contributed by atoms with Gasteiger partial charge in [0.15, 0.2) is 11.5 Å². The van der Waals surface area contributed by atoms with Crippen molar-refractivity contribution in [3.63, 3.8) is 0 Å². The number of aryl methyl sites for hydroxylation is 1. The Labute approximate surface area is 228 Å². The van der Waals surface area contributed by atoms with Crippen LogP contribution in [0.15, 0.2) is 55.0 Å². The number of nitrogens with zero attached hydrogens (tertiary/aromatic N) is 3. The fourth-order valence-corrected chi connectivity index (χ4v) is 4.18. The smallest absolute Gasteiger partial charge is 0.417 e. The maximum atomic E-state index is 13.9. The van der Waals surface area contributed by atoms with Crippen molar-refractivity contribution in [1.82, 2.24) is 19.7 Å². The highest BCUT2D eigenvalue weighted by Crippen LogP contribution is 2.39. The van der Waals surface area contributed by atoms with Gasteiger partial charge in [0.2, 0.25) is 0 Å². The summed E-state index contributed by atoms with van der Waals surface area (Å²) in [6.07, 6.45) is -0.473. The quantitative estimate of drug-likeness (QED) is 0.170. The van der Waals surface area contributed by atoms with Crippen LogP contribution in [0.1, 0.15) is 18.1 Å². The van der Waals surface area contributed by atoms with Gasteiger partial charge in [-0.1, -0.05) is 6.92 Å². The van der Waals surface area contributed by atoms with Crippen LogP contribution in [0.25, 0.3) is 16.9 Å². The summed E-state index contributed by atoms with van der Waals surface area (Å²) >= 11 is 0. The Balaban J connectivity index is 1.51. The summed E-state index contributed by atoms with van der Waals surface area (Å²) in [5.74, 6) is 0.501. The van der Waals surface area contributed by atoms with Crippen molar-refractivity contribution in [2.24, 2.45) is 0 Å². The van der Waals surface area contributed by atoms with E-state index in [4.69, 9.17) is 14.6 Å². The molecule has 40 heavy (non-hydrogen) atoms. The number of hydrogen-bond donors (Lipinski definition) is 4.